The van der Waals surface area contributed by atoms with E-state index in [-0.39, 0.29) is 16.4 Å². The third kappa shape index (κ3) is 6.02. The molecule has 0 saturated heterocycles. The Morgan fingerprint density at radius 3 is 2.21 bits per heavy atom. The number of carbonyl (C=O) groups is 1. The fraction of sp³-hybridized carbons (Fsp3) is 0.190. The van der Waals surface area contributed by atoms with E-state index >= 15 is 0 Å². The third-order valence-corrected chi connectivity index (χ3v) is 5.90. The van der Waals surface area contributed by atoms with E-state index in [1.165, 1.54) is 16.8 Å². The number of hydrogen-bond donors (Lipinski definition) is 3. The first-order chi connectivity index (χ1) is 15.5. The normalized spacial score (nSPS) is 12.2. The fourth-order valence-electron chi connectivity index (χ4n) is 3.01. The molecule has 0 radical (unpaired) electrons. The molecule has 1 unspecified atom stereocenters. The molecule has 2 aromatic carbocycles. The van der Waals surface area contributed by atoms with Crippen LogP contribution < -0.4 is 21.5 Å². The highest BCUT2D eigenvalue weighted by molar-refractivity contribution is 7.80. The van der Waals surface area contributed by atoms with Crippen LogP contribution in [0.2, 0.25) is 5.02 Å². The highest BCUT2D eigenvalue weighted by atomic mass is 35.6. The SMILES string of the molecule is Cc1c(NC(=S)NC(NC(=O)c2ccc(Cl)cc2)C(Cl)(Cl)Cl)c(=O)n(-c2ccccc2)n1C. The van der Waals surface area contributed by atoms with Gasteiger partial charge in [-0.2, -0.15) is 0 Å². The highest BCUT2D eigenvalue weighted by Crippen LogP contribution is 2.29. The van der Waals surface area contributed by atoms with Gasteiger partial charge < -0.3 is 16.0 Å². The molecule has 1 heterocycles. The Kier molecular flexibility index (Phi) is 7.97. The van der Waals surface area contributed by atoms with Crippen LogP contribution in [0, 0.1) is 6.92 Å². The largest absolute Gasteiger partial charge is 0.339 e. The predicted molar refractivity (Wildman–Crippen MR) is 138 cm³/mol. The summed E-state index contributed by atoms with van der Waals surface area (Å²) in [6.07, 6.45) is -1.20. The number of halogens is 4. The summed E-state index contributed by atoms with van der Waals surface area (Å²) >= 11 is 29.3. The molecule has 1 amide bonds. The van der Waals surface area contributed by atoms with E-state index in [9.17, 15) is 9.59 Å². The lowest BCUT2D eigenvalue weighted by molar-refractivity contribution is 0.0934. The zero-order chi connectivity index (χ0) is 24.3. The van der Waals surface area contributed by atoms with Gasteiger partial charge in [-0.3, -0.25) is 14.3 Å². The average Bonchev–Trinajstić information content (AvgIpc) is 2.96. The molecule has 0 aliphatic carbocycles. The Bertz CT molecular complexity index is 1220. The Labute approximate surface area is 215 Å². The van der Waals surface area contributed by atoms with Crippen LogP contribution in [0.3, 0.4) is 0 Å². The number of para-hydroxylation sites is 1. The van der Waals surface area contributed by atoms with Gasteiger partial charge in [0.1, 0.15) is 11.9 Å². The maximum atomic E-state index is 13.1. The van der Waals surface area contributed by atoms with E-state index in [0.717, 1.165) is 0 Å². The van der Waals surface area contributed by atoms with Crippen molar-refractivity contribution >= 4 is 75.3 Å². The molecule has 0 bridgehead atoms. The summed E-state index contributed by atoms with van der Waals surface area (Å²) in [5.74, 6) is -0.513. The molecule has 0 spiro atoms. The second-order valence-corrected chi connectivity index (χ2v) is 10.2. The molecule has 174 valence electrons. The molecule has 7 nitrogen and oxygen atoms in total. The van der Waals surface area contributed by atoms with E-state index in [2.05, 4.69) is 16.0 Å². The number of amides is 1. The van der Waals surface area contributed by atoms with E-state index < -0.39 is 15.9 Å². The monoisotopic (exact) mass is 545 g/mol. The van der Waals surface area contributed by atoms with Crippen LogP contribution >= 0.6 is 58.6 Å². The van der Waals surface area contributed by atoms with Crippen molar-refractivity contribution < 1.29 is 4.79 Å². The third-order valence-electron chi connectivity index (χ3n) is 4.78. The van der Waals surface area contributed by atoms with Crippen LogP contribution in [0.15, 0.2) is 59.4 Å². The van der Waals surface area contributed by atoms with Crippen LogP contribution in [-0.2, 0) is 7.05 Å². The second-order valence-electron chi connectivity index (χ2n) is 6.99. The molecule has 3 N–H and O–H groups in total. The van der Waals surface area contributed by atoms with E-state index in [1.54, 1.807) is 30.8 Å². The first-order valence-corrected chi connectivity index (χ1v) is 11.5. The van der Waals surface area contributed by atoms with Crippen molar-refractivity contribution in [3.8, 4) is 5.69 Å². The molecule has 3 aromatic rings. The summed E-state index contributed by atoms with van der Waals surface area (Å²) in [6.45, 7) is 1.76. The molecule has 12 heteroatoms. The molecule has 3 rings (SSSR count). The summed E-state index contributed by atoms with van der Waals surface area (Å²) in [6, 6.07) is 15.3. The van der Waals surface area contributed by atoms with Gasteiger partial charge in [-0.1, -0.05) is 64.6 Å². The lowest BCUT2D eigenvalue weighted by atomic mass is 10.2. The standard InChI is InChI=1S/C21H19Cl4N5O2S/c1-12-16(18(32)30(29(12)2)15-6-4-3-5-7-15)26-20(33)28-19(21(23,24)25)27-17(31)13-8-10-14(22)11-9-13/h3-11,19H,1-2H3,(H,27,31)(H2,26,28,33). The molecule has 0 aliphatic rings. The molecule has 1 aromatic heterocycles. The minimum absolute atomic E-state index is 0.0197. The van der Waals surface area contributed by atoms with Gasteiger partial charge in [-0.25, -0.2) is 4.68 Å². The smallest absolute Gasteiger partial charge is 0.295 e. The lowest BCUT2D eigenvalue weighted by Crippen LogP contribution is -2.56. The van der Waals surface area contributed by atoms with Gasteiger partial charge >= 0.3 is 0 Å². The van der Waals surface area contributed by atoms with Crippen LogP contribution in [0.5, 0.6) is 0 Å². The van der Waals surface area contributed by atoms with Crippen molar-refractivity contribution in [2.24, 2.45) is 7.05 Å². The minimum atomic E-state index is -1.95. The number of benzene rings is 2. The molecule has 0 fully saturated rings. The van der Waals surface area contributed by atoms with Gasteiger partial charge in [-0.05, 0) is 55.5 Å². The quantitative estimate of drug-likeness (QED) is 0.248. The molecule has 0 aliphatic heterocycles. The summed E-state index contributed by atoms with van der Waals surface area (Å²) in [5.41, 5.74) is 1.55. The first kappa shape index (κ1) is 25.4. The number of anilines is 1. The van der Waals surface area contributed by atoms with Crippen molar-refractivity contribution in [2.75, 3.05) is 5.32 Å². The number of alkyl halides is 3. The number of aromatic nitrogens is 2. The molecule has 33 heavy (non-hydrogen) atoms. The first-order valence-electron chi connectivity index (χ1n) is 9.53. The van der Waals surface area contributed by atoms with Crippen LogP contribution in [-0.4, -0.2) is 30.3 Å². The van der Waals surface area contributed by atoms with Crippen LogP contribution in [0.1, 0.15) is 16.1 Å². The van der Waals surface area contributed by atoms with E-state index in [0.29, 0.717) is 22.0 Å². The average molecular weight is 547 g/mol. The van der Waals surface area contributed by atoms with Gasteiger partial charge in [0.15, 0.2) is 5.11 Å². The van der Waals surface area contributed by atoms with Gasteiger partial charge in [0, 0.05) is 17.6 Å². The van der Waals surface area contributed by atoms with Crippen molar-refractivity contribution in [3.63, 3.8) is 0 Å². The summed E-state index contributed by atoms with van der Waals surface area (Å²) < 4.78 is 1.23. The van der Waals surface area contributed by atoms with Gasteiger partial charge in [0.2, 0.25) is 3.79 Å². The van der Waals surface area contributed by atoms with Crippen molar-refractivity contribution in [2.45, 2.75) is 16.9 Å². The Balaban J connectivity index is 1.79. The number of nitrogens with one attached hydrogen (secondary N) is 3. The summed E-state index contributed by atoms with van der Waals surface area (Å²) in [4.78, 5) is 25.6. The van der Waals surface area contributed by atoms with Crippen LogP contribution in [0.4, 0.5) is 5.69 Å². The van der Waals surface area contributed by atoms with Crippen molar-refractivity contribution in [3.05, 3.63) is 81.2 Å². The van der Waals surface area contributed by atoms with Gasteiger partial charge in [0.25, 0.3) is 11.5 Å². The van der Waals surface area contributed by atoms with E-state index in [4.69, 9.17) is 58.6 Å². The number of carbonyl (C=O) groups excluding carboxylic acids is 1. The molecular weight excluding hydrogens is 528 g/mol. The number of rotatable bonds is 5. The minimum Gasteiger partial charge on any atom is -0.339 e. The van der Waals surface area contributed by atoms with E-state index in [1.807, 2.05) is 30.3 Å². The van der Waals surface area contributed by atoms with Gasteiger partial charge in [0.05, 0.1) is 11.4 Å². The topological polar surface area (TPSA) is 80.1 Å². The second kappa shape index (κ2) is 10.4. The Morgan fingerprint density at radius 2 is 1.64 bits per heavy atom. The highest BCUT2D eigenvalue weighted by Gasteiger charge is 2.35. The molecule has 0 saturated carbocycles. The number of nitrogens with zero attached hydrogens (tertiary/aromatic N) is 2. The maximum Gasteiger partial charge on any atom is 0.295 e. The predicted octanol–water partition coefficient (Wildman–Crippen LogP) is 4.55. The molecular formula is C21H19Cl4N5O2S. The van der Waals surface area contributed by atoms with Crippen molar-refractivity contribution in [1.29, 1.82) is 0 Å². The summed E-state index contributed by atoms with van der Waals surface area (Å²) in [7, 11) is 1.75. The Hall–Kier alpha value is -2.23. The zero-order valence-corrected chi connectivity index (χ0v) is 21.2. The van der Waals surface area contributed by atoms with Gasteiger partial charge in [-0.15, -0.1) is 0 Å². The van der Waals surface area contributed by atoms with Crippen molar-refractivity contribution in [1.82, 2.24) is 20.0 Å². The maximum absolute atomic E-state index is 13.1. The molecule has 1 atom stereocenters. The summed E-state index contributed by atoms with van der Waals surface area (Å²) in [5, 5.41) is 8.64. The fourth-order valence-corrected chi connectivity index (χ4v) is 3.68. The lowest BCUT2D eigenvalue weighted by Gasteiger charge is -2.27. The Morgan fingerprint density at radius 1 is 1.03 bits per heavy atom. The number of hydrogen-bond acceptors (Lipinski definition) is 3. The zero-order valence-electron chi connectivity index (χ0n) is 17.4. The van der Waals surface area contributed by atoms with Crippen LogP contribution in [0.25, 0.3) is 5.69 Å². The number of thiocarbonyl (C=S) groups is 1.